The van der Waals surface area contributed by atoms with Crippen LogP contribution < -0.4 is 10.6 Å². The molecule has 2 N–H and O–H groups in total. The second-order valence-electron chi connectivity index (χ2n) is 8.66. The molecule has 0 radical (unpaired) electrons. The molecule has 28 heavy (non-hydrogen) atoms. The third-order valence-electron chi connectivity index (χ3n) is 5.75. The Labute approximate surface area is 167 Å². The third kappa shape index (κ3) is 3.67. The molecule has 3 aromatic rings. The fourth-order valence-electron chi connectivity index (χ4n) is 4.30. The molecule has 0 saturated carbocycles. The van der Waals surface area contributed by atoms with Crippen LogP contribution in [0.2, 0.25) is 0 Å². The molecular formula is C23H29N5. The Hall–Kier alpha value is -2.66. The molecule has 1 saturated heterocycles. The highest BCUT2D eigenvalue weighted by Gasteiger charge is 2.39. The predicted molar refractivity (Wildman–Crippen MR) is 117 cm³/mol. The Morgan fingerprint density at radius 1 is 1.07 bits per heavy atom. The summed E-state index contributed by atoms with van der Waals surface area (Å²) in [5.74, 6) is 1.26. The standard InChI is InChI=1S/C23H29N5/c1-16-10-19-20(11-17(16)2)25-22(26-21(19)24)27(4)13-23(3)14-28(15-23)12-18-8-6-5-7-9-18/h5-11H,12-15H2,1-4H3,(H2,24,25,26). The van der Waals surface area contributed by atoms with Gasteiger partial charge in [-0.3, -0.25) is 4.90 Å². The molecule has 0 amide bonds. The van der Waals surface area contributed by atoms with E-state index in [4.69, 9.17) is 10.7 Å². The van der Waals surface area contributed by atoms with E-state index >= 15 is 0 Å². The van der Waals surface area contributed by atoms with E-state index in [1.807, 2.05) is 0 Å². The smallest absolute Gasteiger partial charge is 0.227 e. The summed E-state index contributed by atoms with van der Waals surface area (Å²) in [6, 6.07) is 14.8. The van der Waals surface area contributed by atoms with Gasteiger partial charge in [0.1, 0.15) is 5.82 Å². The first kappa shape index (κ1) is 18.7. The summed E-state index contributed by atoms with van der Waals surface area (Å²) >= 11 is 0. The highest BCUT2D eigenvalue weighted by atomic mass is 15.3. The second kappa shape index (κ2) is 7.06. The number of anilines is 2. The van der Waals surface area contributed by atoms with Crippen LogP contribution in [-0.4, -0.2) is 41.5 Å². The summed E-state index contributed by atoms with van der Waals surface area (Å²) in [7, 11) is 2.06. The van der Waals surface area contributed by atoms with Crippen molar-refractivity contribution >= 4 is 22.7 Å². The number of benzene rings is 2. The number of nitrogens with zero attached hydrogens (tertiary/aromatic N) is 4. The molecule has 2 aromatic carbocycles. The quantitative estimate of drug-likeness (QED) is 0.735. The molecule has 1 fully saturated rings. The van der Waals surface area contributed by atoms with Crippen LogP contribution in [0.4, 0.5) is 11.8 Å². The summed E-state index contributed by atoms with van der Waals surface area (Å²) in [4.78, 5) is 14.0. The Morgan fingerprint density at radius 2 is 1.75 bits per heavy atom. The van der Waals surface area contributed by atoms with E-state index in [0.717, 1.165) is 37.1 Å². The van der Waals surface area contributed by atoms with E-state index in [1.54, 1.807) is 0 Å². The van der Waals surface area contributed by atoms with E-state index < -0.39 is 0 Å². The zero-order valence-electron chi connectivity index (χ0n) is 17.2. The van der Waals surface area contributed by atoms with Gasteiger partial charge < -0.3 is 10.6 Å². The van der Waals surface area contributed by atoms with Crippen molar-refractivity contribution < 1.29 is 0 Å². The normalized spacial score (nSPS) is 16.1. The topological polar surface area (TPSA) is 58.3 Å². The summed E-state index contributed by atoms with van der Waals surface area (Å²) in [5.41, 5.74) is 11.2. The summed E-state index contributed by atoms with van der Waals surface area (Å²) in [6.07, 6.45) is 0. The maximum atomic E-state index is 6.25. The van der Waals surface area contributed by atoms with Gasteiger partial charge in [-0.2, -0.15) is 4.98 Å². The monoisotopic (exact) mass is 375 g/mol. The Bertz CT molecular complexity index is 993. The van der Waals surface area contributed by atoms with Gasteiger partial charge in [0.05, 0.1) is 5.52 Å². The van der Waals surface area contributed by atoms with Crippen molar-refractivity contribution in [3.8, 4) is 0 Å². The summed E-state index contributed by atoms with van der Waals surface area (Å²) in [6.45, 7) is 10.6. The van der Waals surface area contributed by atoms with Crippen LogP contribution in [0.1, 0.15) is 23.6 Å². The van der Waals surface area contributed by atoms with Gasteiger partial charge in [0, 0.05) is 44.0 Å². The molecule has 2 heterocycles. The number of aromatic nitrogens is 2. The van der Waals surface area contributed by atoms with Crippen molar-refractivity contribution in [1.29, 1.82) is 0 Å². The van der Waals surface area contributed by atoms with E-state index in [-0.39, 0.29) is 5.41 Å². The van der Waals surface area contributed by atoms with Crippen molar-refractivity contribution in [1.82, 2.24) is 14.9 Å². The van der Waals surface area contributed by atoms with Gasteiger partial charge >= 0.3 is 0 Å². The minimum atomic E-state index is 0.236. The van der Waals surface area contributed by atoms with Crippen LogP contribution in [-0.2, 0) is 6.54 Å². The molecule has 5 heteroatoms. The van der Waals surface area contributed by atoms with Crippen molar-refractivity contribution in [3.63, 3.8) is 0 Å². The lowest BCUT2D eigenvalue weighted by Gasteiger charge is -2.49. The number of hydrogen-bond donors (Lipinski definition) is 1. The Kier molecular flexibility index (Phi) is 4.71. The molecule has 1 aromatic heterocycles. The average molecular weight is 376 g/mol. The Balaban J connectivity index is 1.45. The van der Waals surface area contributed by atoms with Gasteiger partial charge in [-0.25, -0.2) is 4.98 Å². The molecule has 5 nitrogen and oxygen atoms in total. The lowest BCUT2D eigenvalue weighted by Crippen LogP contribution is -2.58. The molecule has 1 aliphatic rings. The lowest BCUT2D eigenvalue weighted by atomic mass is 9.81. The number of fused-ring (bicyclic) bond motifs is 1. The number of likely N-dealkylation sites (tertiary alicyclic amines) is 1. The van der Waals surface area contributed by atoms with Crippen molar-refractivity contribution in [2.75, 3.05) is 37.3 Å². The van der Waals surface area contributed by atoms with Gasteiger partial charge in [-0.15, -0.1) is 0 Å². The van der Waals surface area contributed by atoms with Crippen LogP contribution >= 0.6 is 0 Å². The Morgan fingerprint density at radius 3 is 2.46 bits per heavy atom. The zero-order chi connectivity index (χ0) is 19.9. The fourth-order valence-corrected chi connectivity index (χ4v) is 4.30. The molecule has 0 bridgehead atoms. The molecule has 0 atom stereocenters. The van der Waals surface area contributed by atoms with Gasteiger partial charge in [0.2, 0.25) is 5.95 Å². The molecule has 146 valence electrons. The van der Waals surface area contributed by atoms with Crippen LogP contribution in [0.3, 0.4) is 0 Å². The highest BCUT2D eigenvalue weighted by Crippen LogP contribution is 2.33. The van der Waals surface area contributed by atoms with E-state index in [1.165, 1.54) is 16.7 Å². The molecule has 0 spiro atoms. The van der Waals surface area contributed by atoms with Crippen LogP contribution in [0.15, 0.2) is 42.5 Å². The van der Waals surface area contributed by atoms with Crippen LogP contribution in [0, 0.1) is 19.3 Å². The van der Waals surface area contributed by atoms with Gasteiger partial charge in [0.15, 0.2) is 0 Å². The SMILES string of the molecule is Cc1cc2nc(N(C)CC3(C)CN(Cc4ccccc4)C3)nc(N)c2cc1C. The number of nitrogen functional groups attached to an aromatic ring is 1. The van der Waals surface area contributed by atoms with E-state index in [9.17, 15) is 0 Å². The molecule has 4 rings (SSSR count). The lowest BCUT2D eigenvalue weighted by molar-refractivity contribution is 0.0154. The first-order valence-corrected chi connectivity index (χ1v) is 9.85. The van der Waals surface area contributed by atoms with Gasteiger partial charge in [-0.1, -0.05) is 37.3 Å². The van der Waals surface area contributed by atoms with Gasteiger partial charge in [-0.05, 0) is 42.7 Å². The first-order chi connectivity index (χ1) is 13.3. The average Bonchev–Trinajstić information content (AvgIpc) is 2.63. The summed E-state index contributed by atoms with van der Waals surface area (Å²) in [5, 5.41) is 0.934. The number of rotatable bonds is 5. The molecule has 0 unspecified atom stereocenters. The minimum absolute atomic E-state index is 0.236. The van der Waals surface area contributed by atoms with Crippen molar-refractivity contribution in [2.24, 2.45) is 5.41 Å². The van der Waals surface area contributed by atoms with Crippen molar-refractivity contribution in [3.05, 3.63) is 59.2 Å². The van der Waals surface area contributed by atoms with Crippen molar-refractivity contribution in [2.45, 2.75) is 27.3 Å². The van der Waals surface area contributed by atoms with E-state index in [2.05, 4.69) is 85.1 Å². The number of aryl methyl sites for hydroxylation is 2. The number of hydrogen-bond acceptors (Lipinski definition) is 5. The van der Waals surface area contributed by atoms with Gasteiger partial charge in [0.25, 0.3) is 0 Å². The third-order valence-corrected chi connectivity index (χ3v) is 5.75. The predicted octanol–water partition coefficient (Wildman–Crippen LogP) is 3.79. The maximum Gasteiger partial charge on any atom is 0.227 e. The van der Waals surface area contributed by atoms with E-state index in [0.29, 0.717) is 11.8 Å². The highest BCUT2D eigenvalue weighted by molar-refractivity contribution is 5.90. The molecular weight excluding hydrogens is 346 g/mol. The van der Waals surface area contributed by atoms with Crippen LogP contribution in [0.25, 0.3) is 10.9 Å². The van der Waals surface area contributed by atoms with Crippen LogP contribution in [0.5, 0.6) is 0 Å². The first-order valence-electron chi connectivity index (χ1n) is 9.85. The number of nitrogens with two attached hydrogens (primary N) is 1. The molecule has 0 aliphatic carbocycles. The maximum absolute atomic E-state index is 6.25. The minimum Gasteiger partial charge on any atom is -0.383 e. The summed E-state index contributed by atoms with van der Waals surface area (Å²) < 4.78 is 0. The molecule has 1 aliphatic heterocycles. The largest absolute Gasteiger partial charge is 0.383 e. The zero-order valence-corrected chi connectivity index (χ0v) is 17.2. The second-order valence-corrected chi connectivity index (χ2v) is 8.66. The fraction of sp³-hybridized carbons (Fsp3) is 0.391.